The zero-order chi connectivity index (χ0) is 17.3. The Labute approximate surface area is 143 Å². The first-order valence-corrected chi connectivity index (χ1v) is 9.51. The van der Waals surface area contributed by atoms with Crippen LogP contribution in [0.25, 0.3) is 0 Å². The van der Waals surface area contributed by atoms with E-state index in [1.807, 2.05) is 0 Å². The van der Waals surface area contributed by atoms with Crippen LogP contribution in [0.2, 0.25) is 0 Å². The van der Waals surface area contributed by atoms with E-state index in [1.165, 1.54) is 39.2 Å². The number of methoxy groups -OCH3 is 1. The molecule has 3 nitrogen and oxygen atoms in total. The molecule has 0 spiro atoms. The normalized spacial score (nSPS) is 14.1. The fourth-order valence-electron chi connectivity index (χ4n) is 2.64. The van der Waals surface area contributed by atoms with Crippen LogP contribution in [0.3, 0.4) is 0 Å². The van der Waals surface area contributed by atoms with E-state index in [9.17, 15) is 9.90 Å². The number of rotatable bonds is 15. The summed E-state index contributed by atoms with van der Waals surface area (Å²) in [5.74, 6) is 0.264. The molecule has 0 radical (unpaired) electrons. The quantitative estimate of drug-likeness (QED) is 0.248. The minimum absolute atomic E-state index is 0.0982. The van der Waals surface area contributed by atoms with Gasteiger partial charge in [-0.15, -0.1) is 0 Å². The first kappa shape index (κ1) is 22.2. The number of hydrogen-bond donors (Lipinski definition) is 1. The van der Waals surface area contributed by atoms with E-state index >= 15 is 0 Å². The summed E-state index contributed by atoms with van der Waals surface area (Å²) in [6.07, 6.45) is 17.2. The highest BCUT2D eigenvalue weighted by molar-refractivity contribution is 5.68. The van der Waals surface area contributed by atoms with Crippen molar-refractivity contribution in [2.45, 2.75) is 97.0 Å². The van der Waals surface area contributed by atoms with E-state index in [-0.39, 0.29) is 12.1 Å². The zero-order valence-corrected chi connectivity index (χ0v) is 15.6. The van der Waals surface area contributed by atoms with Gasteiger partial charge in [0, 0.05) is 6.42 Å². The molecule has 0 amide bonds. The molecule has 0 bridgehead atoms. The van der Waals surface area contributed by atoms with Gasteiger partial charge in [-0.2, -0.15) is 0 Å². The standard InChI is InChI=1S/C20H38O3/c1-4-5-12-16-19(21)18(2)15-13-10-8-6-7-9-11-14-17-20(22)23-3/h10,13,18-19,21H,4-9,11-12,14-17H2,1-3H3. The molecule has 0 aromatic heterocycles. The van der Waals surface area contributed by atoms with Gasteiger partial charge >= 0.3 is 5.97 Å². The highest BCUT2D eigenvalue weighted by atomic mass is 16.5. The van der Waals surface area contributed by atoms with Crippen LogP contribution in [0.4, 0.5) is 0 Å². The average molecular weight is 327 g/mol. The highest BCUT2D eigenvalue weighted by Crippen LogP contribution is 2.16. The molecule has 0 aromatic carbocycles. The molecule has 0 aliphatic rings. The number of aliphatic hydroxyl groups excluding tert-OH is 1. The van der Waals surface area contributed by atoms with Crippen molar-refractivity contribution in [1.29, 1.82) is 0 Å². The molecule has 2 atom stereocenters. The number of allylic oxidation sites excluding steroid dienone is 2. The van der Waals surface area contributed by atoms with Crippen molar-refractivity contribution in [3.05, 3.63) is 12.2 Å². The minimum Gasteiger partial charge on any atom is -0.469 e. The Kier molecular flexibility index (Phi) is 15.5. The largest absolute Gasteiger partial charge is 0.469 e. The van der Waals surface area contributed by atoms with Crippen LogP contribution in [-0.2, 0) is 9.53 Å². The maximum absolute atomic E-state index is 10.9. The van der Waals surface area contributed by atoms with Gasteiger partial charge in [-0.1, -0.05) is 64.5 Å². The first-order valence-electron chi connectivity index (χ1n) is 9.51. The Morgan fingerprint density at radius 3 is 2.43 bits per heavy atom. The van der Waals surface area contributed by atoms with E-state index in [2.05, 4.69) is 30.7 Å². The number of carbonyl (C=O) groups excluding carboxylic acids is 1. The molecular weight excluding hydrogens is 288 g/mol. The number of hydrogen-bond acceptors (Lipinski definition) is 3. The number of esters is 1. The summed E-state index contributed by atoms with van der Waals surface area (Å²) in [4.78, 5) is 10.9. The van der Waals surface area contributed by atoms with Crippen molar-refractivity contribution in [3.63, 3.8) is 0 Å². The van der Waals surface area contributed by atoms with Gasteiger partial charge in [-0.05, 0) is 38.0 Å². The predicted octanol–water partition coefficient (Wildman–Crippen LogP) is 5.41. The molecule has 0 saturated heterocycles. The Morgan fingerprint density at radius 1 is 1.04 bits per heavy atom. The van der Waals surface area contributed by atoms with Gasteiger partial charge in [-0.25, -0.2) is 0 Å². The van der Waals surface area contributed by atoms with Crippen LogP contribution in [0.1, 0.15) is 90.9 Å². The van der Waals surface area contributed by atoms with Gasteiger partial charge in [0.1, 0.15) is 0 Å². The molecular formula is C20H38O3. The highest BCUT2D eigenvalue weighted by Gasteiger charge is 2.11. The number of ether oxygens (including phenoxy) is 1. The molecule has 23 heavy (non-hydrogen) atoms. The Balaban J connectivity index is 3.44. The topological polar surface area (TPSA) is 46.5 Å². The van der Waals surface area contributed by atoms with Crippen molar-refractivity contribution in [1.82, 2.24) is 0 Å². The summed E-state index contributed by atoms with van der Waals surface area (Å²) in [6, 6.07) is 0. The molecule has 0 aliphatic carbocycles. The zero-order valence-electron chi connectivity index (χ0n) is 15.6. The van der Waals surface area contributed by atoms with E-state index < -0.39 is 0 Å². The molecule has 0 fully saturated rings. The molecule has 0 aliphatic heterocycles. The van der Waals surface area contributed by atoms with Crippen LogP contribution < -0.4 is 0 Å². The molecule has 0 saturated carbocycles. The van der Waals surface area contributed by atoms with Crippen molar-refractivity contribution >= 4 is 5.97 Å². The monoisotopic (exact) mass is 326 g/mol. The van der Waals surface area contributed by atoms with Gasteiger partial charge in [-0.3, -0.25) is 4.79 Å². The number of aliphatic hydroxyl groups is 1. The Morgan fingerprint density at radius 2 is 1.74 bits per heavy atom. The first-order chi connectivity index (χ1) is 11.1. The van der Waals surface area contributed by atoms with Crippen molar-refractivity contribution in [2.24, 2.45) is 5.92 Å². The number of carbonyl (C=O) groups is 1. The lowest BCUT2D eigenvalue weighted by atomic mass is 9.96. The van der Waals surface area contributed by atoms with Crippen molar-refractivity contribution in [3.8, 4) is 0 Å². The van der Waals surface area contributed by atoms with E-state index in [0.717, 1.165) is 38.5 Å². The summed E-state index contributed by atoms with van der Waals surface area (Å²) in [5, 5.41) is 10.1. The summed E-state index contributed by atoms with van der Waals surface area (Å²) in [7, 11) is 1.44. The molecule has 136 valence electrons. The predicted molar refractivity (Wildman–Crippen MR) is 97.4 cm³/mol. The third kappa shape index (κ3) is 14.5. The lowest BCUT2D eigenvalue weighted by Gasteiger charge is -2.16. The van der Waals surface area contributed by atoms with E-state index in [1.54, 1.807) is 0 Å². The van der Waals surface area contributed by atoms with Gasteiger partial charge in [0.15, 0.2) is 0 Å². The fraction of sp³-hybridized carbons (Fsp3) is 0.850. The van der Waals surface area contributed by atoms with Crippen LogP contribution in [0.5, 0.6) is 0 Å². The number of unbranched alkanes of at least 4 members (excludes halogenated alkanes) is 7. The molecule has 0 heterocycles. The van der Waals surface area contributed by atoms with Crippen LogP contribution in [0.15, 0.2) is 12.2 Å². The van der Waals surface area contributed by atoms with Crippen molar-refractivity contribution < 1.29 is 14.6 Å². The van der Waals surface area contributed by atoms with Gasteiger partial charge in [0.2, 0.25) is 0 Å². The van der Waals surface area contributed by atoms with Crippen LogP contribution in [0, 0.1) is 5.92 Å². The second-order valence-electron chi connectivity index (χ2n) is 6.63. The van der Waals surface area contributed by atoms with Gasteiger partial charge < -0.3 is 9.84 Å². The van der Waals surface area contributed by atoms with Crippen LogP contribution >= 0.6 is 0 Å². The molecule has 1 N–H and O–H groups in total. The van der Waals surface area contributed by atoms with E-state index in [0.29, 0.717) is 12.3 Å². The SMILES string of the molecule is CCCCCC(O)C(C)CC=CCCCCCCCC(=O)OC. The third-order valence-electron chi connectivity index (χ3n) is 4.41. The lowest BCUT2D eigenvalue weighted by molar-refractivity contribution is -0.140. The smallest absolute Gasteiger partial charge is 0.305 e. The second-order valence-corrected chi connectivity index (χ2v) is 6.63. The maximum Gasteiger partial charge on any atom is 0.305 e. The summed E-state index contributed by atoms with van der Waals surface area (Å²) < 4.78 is 4.62. The second kappa shape index (κ2) is 16.0. The minimum atomic E-state index is -0.152. The fourth-order valence-corrected chi connectivity index (χ4v) is 2.64. The van der Waals surface area contributed by atoms with Gasteiger partial charge in [0.05, 0.1) is 13.2 Å². The summed E-state index contributed by atoms with van der Waals surface area (Å²) in [6.45, 7) is 4.33. The van der Waals surface area contributed by atoms with Crippen LogP contribution in [-0.4, -0.2) is 24.3 Å². The summed E-state index contributed by atoms with van der Waals surface area (Å²) >= 11 is 0. The lowest BCUT2D eigenvalue weighted by Crippen LogP contribution is -2.16. The average Bonchev–Trinajstić information content (AvgIpc) is 2.56. The van der Waals surface area contributed by atoms with Crippen molar-refractivity contribution in [2.75, 3.05) is 7.11 Å². The molecule has 3 heteroatoms. The molecule has 0 aromatic rings. The Bertz CT molecular complexity index is 299. The third-order valence-corrected chi connectivity index (χ3v) is 4.41. The van der Waals surface area contributed by atoms with E-state index in [4.69, 9.17) is 0 Å². The molecule has 2 unspecified atom stereocenters. The maximum atomic E-state index is 10.9. The summed E-state index contributed by atoms with van der Waals surface area (Å²) in [5.41, 5.74) is 0. The molecule has 0 rings (SSSR count). The Hall–Kier alpha value is -0.830. The van der Waals surface area contributed by atoms with Gasteiger partial charge in [0.25, 0.3) is 0 Å².